The van der Waals surface area contributed by atoms with Crippen LogP contribution in [0.15, 0.2) is 52.5 Å². The fourth-order valence-electron chi connectivity index (χ4n) is 2.77. The number of likely N-dealkylation sites (N-methyl/N-ethyl adjacent to an activating group) is 2. The van der Waals surface area contributed by atoms with Crippen molar-refractivity contribution in [3.05, 3.63) is 69.2 Å². The molecular formula is C21H17BrN2O5S. The lowest BCUT2D eigenvalue weighted by Crippen LogP contribution is -2.52. The Balaban J connectivity index is 1.75. The third-order valence-electron chi connectivity index (χ3n) is 4.51. The summed E-state index contributed by atoms with van der Waals surface area (Å²) in [5.74, 6) is -1.33. The van der Waals surface area contributed by atoms with Gasteiger partial charge in [0.2, 0.25) is 0 Å². The zero-order chi connectivity index (χ0) is 22.0. The molecule has 0 radical (unpaired) electrons. The van der Waals surface area contributed by atoms with Gasteiger partial charge in [-0.3, -0.25) is 19.4 Å². The van der Waals surface area contributed by atoms with Crippen molar-refractivity contribution in [1.82, 2.24) is 9.80 Å². The fraction of sp³-hybridized carbons (Fsp3) is 0.143. The van der Waals surface area contributed by atoms with Crippen molar-refractivity contribution in [3.63, 3.8) is 0 Å². The minimum atomic E-state index is -0.982. The molecule has 1 aliphatic rings. The van der Waals surface area contributed by atoms with Crippen molar-refractivity contribution in [2.24, 2.45) is 0 Å². The molecular weight excluding hydrogens is 472 g/mol. The van der Waals surface area contributed by atoms with E-state index >= 15 is 0 Å². The Morgan fingerprint density at radius 2 is 1.70 bits per heavy atom. The Kier molecular flexibility index (Phi) is 6.33. The topological polar surface area (TPSA) is 87.1 Å². The summed E-state index contributed by atoms with van der Waals surface area (Å²) in [7, 11) is 3.05. The molecule has 0 spiro atoms. The van der Waals surface area contributed by atoms with Crippen LogP contribution >= 0.6 is 28.1 Å². The third-order valence-corrected chi connectivity index (χ3v) is 5.67. The van der Waals surface area contributed by atoms with E-state index < -0.39 is 17.8 Å². The number of carbonyl (C=O) groups excluding carboxylic acids is 2. The van der Waals surface area contributed by atoms with Crippen LogP contribution in [0.3, 0.4) is 0 Å². The van der Waals surface area contributed by atoms with Gasteiger partial charge in [0.05, 0.1) is 10.0 Å². The van der Waals surface area contributed by atoms with Gasteiger partial charge in [0.15, 0.2) is 5.11 Å². The summed E-state index contributed by atoms with van der Waals surface area (Å²) in [6, 6.07) is 11.6. The van der Waals surface area contributed by atoms with Crippen molar-refractivity contribution < 1.29 is 24.2 Å². The second-order valence-corrected chi connectivity index (χ2v) is 7.77. The number of ether oxygens (including phenoxy) is 1. The van der Waals surface area contributed by atoms with Crippen LogP contribution in [0.5, 0.6) is 5.75 Å². The van der Waals surface area contributed by atoms with Crippen LogP contribution in [0.2, 0.25) is 0 Å². The molecule has 3 rings (SSSR count). The molecule has 2 aromatic carbocycles. The highest BCUT2D eigenvalue weighted by Crippen LogP contribution is 2.28. The monoisotopic (exact) mass is 488 g/mol. The lowest BCUT2D eigenvalue weighted by Gasteiger charge is -2.31. The number of aromatic carboxylic acids is 1. The van der Waals surface area contributed by atoms with E-state index in [1.165, 1.54) is 42.1 Å². The first kappa shape index (κ1) is 21.7. The first-order chi connectivity index (χ1) is 14.2. The van der Waals surface area contributed by atoms with Gasteiger partial charge < -0.3 is 9.84 Å². The lowest BCUT2D eigenvalue weighted by atomic mass is 10.1. The van der Waals surface area contributed by atoms with Crippen LogP contribution in [-0.2, 0) is 16.2 Å². The van der Waals surface area contributed by atoms with Crippen LogP contribution in [0.4, 0.5) is 0 Å². The maximum atomic E-state index is 12.4. The van der Waals surface area contributed by atoms with Crippen molar-refractivity contribution in [3.8, 4) is 5.75 Å². The van der Waals surface area contributed by atoms with Crippen molar-refractivity contribution in [1.29, 1.82) is 0 Å². The van der Waals surface area contributed by atoms with E-state index in [1.807, 2.05) is 0 Å². The number of amides is 2. The Bertz CT molecular complexity index is 1060. The van der Waals surface area contributed by atoms with Gasteiger partial charge in [-0.1, -0.05) is 18.2 Å². The molecule has 1 fully saturated rings. The number of benzene rings is 2. The maximum absolute atomic E-state index is 12.4. The van der Waals surface area contributed by atoms with Crippen LogP contribution in [0, 0.1) is 0 Å². The van der Waals surface area contributed by atoms with E-state index in [-0.39, 0.29) is 22.9 Å². The number of carbonyl (C=O) groups is 3. The number of carboxylic acids is 1. The van der Waals surface area contributed by atoms with Crippen molar-refractivity contribution in [2.75, 3.05) is 14.1 Å². The number of thiocarbonyl (C=S) groups is 1. The van der Waals surface area contributed by atoms with Crippen LogP contribution in [0.25, 0.3) is 6.08 Å². The Labute approximate surface area is 186 Å². The van der Waals surface area contributed by atoms with Gasteiger partial charge in [-0.2, -0.15) is 0 Å². The average Bonchev–Trinajstić information content (AvgIpc) is 2.73. The normalized spacial score (nSPS) is 14.2. The third kappa shape index (κ3) is 4.42. The van der Waals surface area contributed by atoms with Gasteiger partial charge in [0.1, 0.15) is 17.9 Å². The number of carboxylic acid groups (broad SMARTS) is 1. The Morgan fingerprint density at radius 3 is 2.23 bits per heavy atom. The highest BCUT2D eigenvalue weighted by Gasteiger charge is 2.35. The predicted octanol–water partition coefficient (Wildman–Crippen LogP) is 3.33. The predicted molar refractivity (Wildman–Crippen MR) is 118 cm³/mol. The summed E-state index contributed by atoms with van der Waals surface area (Å²) in [4.78, 5) is 38.3. The van der Waals surface area contributed by atoms with E-state index in [4.69, 9.17) is 22.1 Å². The highest BCUT2D eigenvalue weighted by molar-refractivity contribution is 9.10. The molecule has 0 aromatic heterocycles. The van der Waals surface area contributed by atoms with E-state index in [9.17, 15) is 14.4 Å². The second-order valence-electron chi connectivity index (χ2n) is 6.55. The molecule has 0 saturated carbocycles. The molecule has 0 aliphatic carbocycles. The smallest absolute Gasteiger partial charge is 0.335 e. The summed E-state index contributed by atoms with van der Waals surface area (Å²) in [5.41, 5.74) is 1.69. The van der Waals surface area contributed by atoms with Crippen LogP contribution < -0.4 is 4.74 Å². The second kappa shape index (κ2) is 8.76. The van der Waals surface area contributed by atoms with E-state index in [1.54, 1.807) is 30.3 Å². The zero-order valence-corrected chi connectivity index (χ0v) is 18.5. The van der Waals surface area contributed by atoms with Crippen LogP contribution in [-0.4, -0.2) is 51.9 Å². The molecule has 2 aromatic rings. The molecule has 1 saturated heterocycles. The summed E-state index contributed by atoms with van der Waals surface area (Å²) in [6.07, 6.45) is 1.51. The Morgan fingerprint density at radius 1 is 1.10 bits per heavy atom. The molecule has 30 heavy (non-hydrogen) atoms. The molecule has 0 bridgehead atoms. The molecule has 1 N–H and O–H groups in total. The highest BCUT2D eigenvalue weighted by atomic mass is 79.9. The number of hydrogen-bond acceptors (Lipinski definition) is 5. The van der Waals surface area contributed by atoms with Gasteiger partial charge in [0, 0.05) is 14.1 Å². The molecule has 9 heteroatoms. The molecule has 0 atom stereocenters. The molecule has 2 amide bonds. The number of nitrogens with zero attached hydrogens (tertiary/aromatic N) is 2. The summed E-state index contributed by atoms with van der Waals surface area (Å²) < 4.78 is 6.42. The molecule has 154 valence electrons. The van der Waals surface area contributed by atoms with Gasteiger partial charge in [-0.25, -0.2) is 4.79 Å². The minimum Gasteiger partial charge on any atom is -0.488 e. The van der Waals surface area contributed by atoms with E-state index in [0.717, 1.165) is 5.56 Å². The van der Waals surface area contributed by atoms with Crippen molar-refractivity contribution in [2.45, 2.75) is 6.61 Å². The molecule has 1 heterocycles. The van der Waals surface area contributed by atoms with E-state index in [2.05, 4.69) is 15.9 Å². The number of hydrogen-bond donors (Lipinski definition) is 1. The Hall–Kier alpha value is -3.04. The minimum absolute atomic E-state index is 0.0210. The molecule has 7 nitrogen and oxygen atoms in total. The molecule has 0 unspecified atom stereocenters. The average molecular weight is 489 g/mol. The van der Waals surface area contributed by atoms with Gasteiger partial charge in [0.25, 0.3) is 11.8 Å². The lowest BCUT2D eigenvalue weighted by molar-refractivity contribution is -0.132. The zero-order valence-electron chi connectivity index (χ0n) is 16.1. The van der Waals surface area contributed by atoms with Gasteiger partial charge in [-0.05, 0) is 69.6 Å². The van der Waals surface area contributed by atoms with Crippen LogP contribution in [0.1, 0.15) is 21.5 Å². The summed E-state index contributed by atoms with van der Waals surface area (Å²) in [6.45, 7) is 0.253. The quantitative estimate of drug-likeness (QED) is 0.394. The summed E-state index contributed by atoms with van der Waals surface area (Å²) >= 11 is 8.52. The first-order valence-corrected chi connectivity index (χ1v) is 9.95. The number of rotatable bonds is 5. The first-order valence-electron chi connectivity index (χ1n) is 8.75. The molecule has 1 aliphatic heterocycles. The standard InChI is InChI=1S/C21H17BrN2O5S/c1-23-18(25)15(19(26)24(2)21(23)30)9-13-5-8-17(16(22)10-13)29-11-12-3-6-14(7-4-12)20(27)28/h3-10H,11H2,1-2H3,(H,27,28). The van der Waals surface area contributed by atoms with E-state index in [0.29, 0.717) is 15.8 Å². The van der Waals surface area contributed by atoms with Gasteiger partial charge in [-0.15, -0.1) is 0 Å². The van der Waals surface area contributed by atoms with Crippen molar-refractivity contribution >= 4 is 57.1 Å². The maximum Gasteiger partial charge on any atom is 0.335 e. The SMILES string of the molecule is CN1C(=O)C(=Cc2ccc(OCc3ccc(C(=O)O)cc3)c(Br)c2)C(=O)N(C)C1=S. The van der Waals surface area contributed by atoms with Gasteiger partial charge >= 0.3 is 5.97 Å². The number of halogens is 1. The largest absolute Gasteiger partial charge is 0.488 e. The fourth-order valence-corrected chi connectivity index (χ4v) is 3.45. The summed E-state index contributed by atoms with van der Waals surface area (Å²) in [5, 5.41) is 9.10.